The monoisotopic (exact) mass is 743 g/mol. The van der Waals surface area contributed by atoms with Crippen molar-refractivity contribution in [3.05, 3.63) is 112 Å². The van der Waals surface area contributed by atoms with Gasteiger partial charge in [-0.1, -0.05) is 92.4 Å². The van der Waals surface area contributed by atoms with Crippen molar-refractivity contribution < 1.29 is 24.0 Å². The number of likely N-dealkylation sites (tertiary alicyclic amines) is 1. The van der Waals surface area contributed by atoms with Crippen LogP contribution in [0.1, 0.15) is 80.4 Å². The molecule has 6 fully saturated rings. The lowest BCUT2D eigenvalue weighted by atomic mass is 9.48. The number of piperidine rings is 2. The molecule has 3 saturated carbocycles. The highest BCUT2D eigenvalue weighted by molar-refractivity contribution is 5.91. The average Bonchev–Trinajstić information content (AvgIpc) is 3.87. The van der Waals surface area contributed by atoms with Gasteiger partial charge in [-0.25, -0.2) is 4.79 Å². The SMILES string of the molecule is C=CCN1C[C@@H]2C[C@H]3[C@@H](C(=O)NCNC(=O)OCC4c5ccccc5-c5ccccc54)N(C(=O)C4CCCCC4)[C@]2(c2cccc([N+](=O)[O-])c2)[C@@]12CCC[C@H]32. The van der Waals surface area contributed by atoms with Gasteiger partial charge < -0.3 is 20.3 Å². The third-order valence-electron chi connectivity index (χ3n) is 14.2. The molecule has 10 rings (SSSR count). The second kappa shape index (κ2) is 13.9. The first-order chi connectivity index (χ1) is 26.8. The van der Waals surface area contributed by atoms with Gasteiger partial charge in [0.1, 0.15) is 12.6 Å². The fourth-order valence-corrected chi connectivity index (χ4v) is 12.5. The van der Waals surface area contributed by atoms with Gasteiger partial charge in [0.15, 0.2) is 0 Å². The van der Waals surface area contributed by atoms with Crippen LogP contribution in [0.4, 0.5) is 10.5 Å². The Balaban J connectivity index is 1.01. The number of carbonyl (C=O) groups excluding carboxylic acids is 3. The highest BCUT2D eigenvalue weighted by atomic mass is 16.6. The van der Waals surface area contributed by atoms with Crippen molar-refractivity contribution >= 4 is 23.6 Å². The Labute approximate surface area is 321 Å². The zero-order valence-electron chi connectivity index (χ0n) is 31.2. The molecule has 3 aromatic rings. The number of non-ortho nitro benzene ring substituents is 1. The van der Waals surface area contributed by atoms with E-state index in [1.54, 1.807) is 12.1 Å². The minimum absolute atomic E-state index is 0.00986. The molecule has 1 spiro atoms. The number of nitrogens with zero attached hydrogens (tertiary/aromatic N) is 3. The molecule has 0 unspecified atom stereocenters. The van der Waals surface area contributed by atoms with Gasteiger partial charge in [0.2, 0.25) is 11.8 Å². The summed E-state index contributed by atoms with van der Waals surface area (Å²) in [6, 6.07) is 22.4. The summed E-state index contributed by atoms with van der Waals surface area (Å²) < 4.78 is 5.75. The number of nitro benzene ring substituents is 1. The van der Waals surface area contributed by atoms with Crippen molar-refractivity contribution in [3.8, 4) is 11.1 Å². The number of carbonyl (C=O) groups is 3. The molecule has 6 atom stereocenters. The molecule has 3 heterocycles. The number of rotatable bonds is 10. The number of hydrogen-bond acceptors (Lipinski definition) is 7. The van der Waals surface area contributed by atoms with Crippen LogP contribution in [0.25, 0.3) is 11.1 Å². The summed E-state index contributed by atoms with van der Waals surface area (Å²) >= 11 is 0. The maximum Gasteiger partial charge on any atom is 0.408 e. The number of benzene rings is 3. The van der Waals surface area contributed by atoms with Crippen LogP contribution in [0.3, 0.4) is 0 Å². The van der Waals surface area contributed by atoms with Crippen LogP contribution in [-0.2, 0) is 19.9 Å². The zero-order valence-corrected chi connectivity index (χ0v) is 31.2. The van der Waals surface area contributed by atoms with Crippen molar-refractivity contribution in [1.29, 1.82) is 0 Å². The molecule has 11 nitrogen and oxygen atoms in total. The normalized spacial score (nSPS) is 29.3. The second-order valence-corrected chi connectivity index (χ2v) is 16.5. The van der Waals surface area contributed by atoms with Crippen LogP contribution in [0, 0.1) is 33.8 Å². The molecule has 286 valence electrons. The molecule has 4 aliphatic carbocycles. The Morgan fingerprint density at radius 1 is 0.927 bits per heavy atom. The van der Waals surface area contributed by atoms with E-state index < -0.39 is 23.2 Å². The molecule has 3 aromatic carbocycles. The lowest BCUT2D eigenvalue weighted by molar-refractivity contribution is -0.385. The molecular weight excluding hydrogens is 695 g/mol. The molecule has 0 aromatic heterocycles. The predicted octanol–water partition coefficient (Wildman–Crippen LogP) is 6.87. The topological polar surface area (TPSA) is 134 Å². The Bertz CT molecular complexity index is 2000. The Hall–Kier alpha value is -5.03. The highest BCUT2D eigenvalue weighted by Crippen LogP contribution is 2.72. The third-order valence-corrected chi connectivity index (χ3v) is 14.2. The number of alkyl carbamates (subject to hydrolysis) is 1. The van der Waals surface area contributed by atoms with Crippen LogP contribution in [0.5, 0.6) is 0 Å². The fraction of sp³-hybridized carbons (Fsp3) is 0.477. The number of ether oxygens (including phenoxy) is 1. The molecule has 3 aliphatic heterocycles. The summed E-state index contributed by atoms with van der Waals surface area (Å²) in [5, 5.41) is 18.0. The molecule has 4 bridgehead atoms. The van der Waals surface area contributed by atoms with E-state index in [2.05, 4.69) is 46.4 Å². The molecule has 55 heavy (non-hydrogen) atoms. The first kappa shape index (κ1) is 35.7. The van der Waals surface area contributed by atoms with E-state index >= 15 is 4.79 Å². The summed E-state index contributed by atoms with van der Waals surface area (Å²) in [5.74, 6) is -0.637. The number of amides is 3. The van der Waals surface area contributed by atoms with Gasteiger partial charge in [-0.15, -0.1) is 6.58 Å². The molecule has 7 aliphatic rings. The standard InChI is InChI=1S/C44H49N5O6/c1-2-22-47-25-30-24-36-38-20-11-21-43(38,47)44(30,29-14-10-15-31(23-29)49(53)54)48(41(51)28-12-4-3-5-13-28)39(36)40(50)45-27-46-42(52)55-26-37-34-18-8-6-16-32(34)33-17-7-9-19-35(33)37/h2,6-10,14-19,23,28,30,36-39H,1,3-5,11-13,20-22,24-27H2,(H,45,50)(H,46,52)/t30-,36+,38+,39-,43-,44-/m0/s1. The molecule has 3 amide bonds. The smallest absolute Gasteiger partial charge is 0.408 e. The van der Waals surface area contributed by atoms with Gasteiger partial charge in [0.05, 0.1) is 22.7 Å². The third kappa shape index (κ3) is 5.29. The van der Waals surface area contributed by atoms with Gasteiger partial charge in [0, 0.05) is 43.0 Å². The van der Waals surface area contributed by atoms with E-state index in [4.69, 9.17) is 4.74 Å². The fourth-order valence-electron chi connectivity index (χ4n) is 12.5. The highest BCUT2D eigenvalue weighted by Gasteiger charge is 2.80. The van der Waals surface area contributed by atoms with Crippen molar-refractivity contribution in [1.82, 2.24) is 20.4 Å². The largest absolute Gasteiger partial charge is 0.449 e. The van der Waals surface area contributed by atoms with Gasteiger partial charge in [-0.2, -0.15) is 0 Å². The van der Waals surface area contributed by atoms with Crippen LogP contribution >= 0.6 is 0 Å². The molecular formula is C44H49N5O6. The maximum atomic E-state index is 15.3. The zero-order chi connectivity index (χ0) is 37.9. The van der Waals surface area contributed by atoms with Gasteiger partial charge in [-0.05, 0) is 71.8 Å². The lowest BCUT2D eigenvalue weighted by Gasteiger charge is -2.69. The number of nitrogens with one attached hydrogen (secondary N) is 2. The first-order valence-corrected chi connectivity index (χ1v) is 20.1. The minimum atomic E-state index is -0.936. The van der Waals surface area contributed by atoms with Gasteiger partial charge in [-0.3, -0.25) is 24.6 Å². The van der Waals surface area contributed by atoms with Gasteiger partial charge >= 0.3 is 6.09 Å². The number of hydrogen-bond donors (Lipinski definition) is 2. The summed E-state index contributed by atoms with van der Waals surface area (Å²) in [7, 11) is 0. The van der Waals surface area contributed by atoms with Gasteiger partial charge in [0.25, 0.3) is 5.69 Å². The van der Waals surface area contributed by atoms with E-state index in [0.717, 1.165) is 92.1 Å². The maximum absolute atomic E-state index is 15.3. The Morgan fingerprint density at radius 3 is 2.36 bits per heavy atom. The molecule has 3 saturated heterocycles. The van der Waals surface area contributed by atoms with E-state index in [0.29, 0.717) is 6.54 Å². The van der Waals surface area contributed by atoms with Crippen LogP contribution in [0.2, 0.25) is 0 Å². The lowest BCUT2D eigenvalue weighted by Crippen LogP contribution is -2.81. The number of nitro groups is 1. The first-order valence-electron chi connectivity index (χ1n) is 20.1. The predicted molar refractivity (Wildman–Crippen MR) is 207 cm³/mol. The van der Waals surface area contributed by atoms with Crippen LogP contribution in [-0.4, -0.2) is 70.6 Å². The van der Waals surface area contributed by atoms with Crippen molar-refractivity contribution in [2.24, 2.45) is 23.7 Å². The average molecular weight is 744 g/mol. The Morgan fingerprint density at radius 2 is 1.65 bits per heavy atom. The van der Waals surface area contributed by atoms with E-state index in [1.165, 1.54) is 6.07 Å². The Kier molecular flexibility index (Phi) is 9.03. The summed E-state index contributed by atoms with van der Waals surface area (Å²) in [5.41, 5.74) is 3.83. The van der Waals surface area contributed by atoms with E-state index in [-0.39, 0.29) is 65.3 Å². The summed E-state index contributed by atoms with van der Waals surface area (Å²) in [6.07, 6.45) is 9.24. The second-order valence-electron chi connectivity index (χ2n) is 16.5. The van der Waals surface area contributed by atoms with Crippen molar-refractivity contribution in [3.63, 3.8) is 0 Å². The quantitative estimate of drug-likeness (QED) is 0.100. The summed E-state index contributed by atoms with van der Waals surface area (Å²) in [4.78, 5) is 59.5. The molecule has 0 radical (unpaired) electrons. The molecule has 2 N–H and O–H groups in total. The summed E-state index contributed by atoms with van der Waals surface area (Å²) in [6.45, 7) is 5.47. The van der Waals surface area contributed by atoms with Crippen molar-refractivity contribution in [2.75, 3.05) is 26.4 Å². The van der Waals surface area contributed by atoms with Crippen LogP contribution in [0.15, 0.2) is 85.5 Å². The van der Waals surface area contributed by atoms with E-state index in [1.807, 2.05) is 41.3 Å². The number of fused-ring (bicyclic) bond motifs is 4. The molecule has 11 heteroatoms. The van der Waals surface area contributed by atoms with Crippen molar-refractivity contribution in [2.45, 2.75) is 80.8 Å². The van der Waals surface area contributed by atoms with E-state index in [9.17, 15) is 19.7 Å². The van der Waals surface area contributed by atoms with Crippen LogP contribution < -0.4 is 10.6 Å². The minimum Gasteiger partial charge on any atom is -0.449 e.